The molecule has 0 aliphatic heterocycles. The maximum Gasteiger partial charge on any atom is -0.0470 e. The molecule has 0 amide bonds. The highest BCUT2D eigenvalue weighted by atomic mass is 13.4. The average molecular weight is 114 g/mol. The summed E-state index contributed by atoms with van der Waals surface area (Å²) in [7, 11) is 0. The van der Waals surface area contributed by atoms with Crippen molar-refractivity contribution in [2.45, 2.75) is 28.2 Å². The molecule has 0 nitrogen and oxygen atoms in total. The average Bonchev–Trinajstić information content (AvgIpc) is 1.69. The molecular weight excluding hydrogens is 96.1 g/mol. The van der Waals surface area contributed by atoms with Crippen LogP contribution in [0.4, 0.5) is 0 Å². The molecule has 0 saturated carbocycles. The van der Waals surface area contributed by atoms with Gasteiger partial charge < -0.3 is 0 Å². The fourth-order valence-electron chi connectivity index (χ4n) is 0. The smallest absolute Gasteiger partial charge is 0.0470 e. The fourth-order valence-corrected chi connectivity index (χ4v) is 0. The Hall–Kier alpha value is -0.520. The molecule has 0 aromatic carbocycles. The molecular formula is C8H18. The first-order chi connectivity index (χ1) is 3.33. The Balaban J connectivity index is -0.0000000575. The zero-order valence-electron chi connectivity index (χ0n) is 5.44. The van der Waals surface area contributed by atoms with Crippen LogP contribution in [0.2, 0.25) is 0 Å². The Morgan fingerprint density at radius 1 is 1.00 bits per heavy atom. The van der Waals surface area contributed by atoms with Crippen molar-refractivity contribution in [3.05, 3.63) is 24.8 Å². The second-order valence-electron chi connectivity index (χ2n) is 1.07. The van der Waals surface area contributed by atoms with Gasteiger partial charge in [-0.1, -0.05) is 25.7 Å². The summed E-state index contributed by atoms with van der Waals surface area (Å²) in [5.41, 5.74) is 0. The van der Waals surface area contributed by atoms with E-state index < -0.39 is 0 Å². The molecule has 0 spiro atoms. The van der Waals surface area contributed by atoms with Crippen molar-refractivity contribution in [1.82, 2.24) is 0 Å². The summed E-state index contributed by atoms with van der Waals surface area (Å²) in [5.74, 6) is 0. The molecule has 0 N–H and O–H groups in total. The maximum atomic E-state index is 3.36. The minimum atomic E-state index is 0. The Morgan fingerprint density at radius 3 is 1.12 bits per heavy atom. The zero-order valence-corrected chi connectivity index (χ0v) is 5.44. The van der Waals surface area contributed by atoms with Crippen LogP contribution in [0.5, 0.6) is 0 Å². The third kappa shape index (κ3) is 477. The van der Waals surface area contributed by atoms with Gasteiger partial charge >= 0.3 is 0 Å². The molecule has 0 aliphatic carbocycles. The first-order valence-electron chi connectivity index (χ1n) is 2.47. The van der Waals surface area contributed by atoms with Crippen molar-refractivity contribution in [2.75, 3.05) is 0 Å². The van der Waals surface area contributed by atoms with E-state index in [-0.39, 0.29) is 7.43 Å². The normalized spacial score (nSPS) is 6.38. The van der Waals surface area contributed by atoms with E-state index in [1.807, 2.05) is 32.9 Å². The van der Waals surface area contributed by atoms with Gasteiger partial charge in [-0.25, -0.2) is 0 Å². The summed E-state index contributed by atoms with van der Waals surface area (Å²) < 4.78 is 0. The summed E-state index contributed by atoms with van der Waals surface area (Å²) in [6.45, 7) is 9.25. The van der Waals surface area contributed by atoms with Gasteiger partial charge in [0.15, 0.2) is 0 Å². The van der Waals surface area contributed by atoms with Gasteiger partial charge in [0.2, 0.25) is 0 Å². The quantitative estimate of drug-likeness (QED) is 0.423. The SMILES string of the molecule is C.C/C=C\C.C=CC. The zero-order chi connectivity index (χ0) is 6.12. The molecule has 0 unspecified atom stereocenters. The van der Waals surface area contributed by atoms with Gasteiger partial charge in [-0.2, -0.15) is 0 Å². The van der Waals surface area contributed by atoms with E-state index in [1.54, 1.807) is 6.08 Å². The third-order valence-electron chi connectivity index (χ3n) is 0.333. The number of allylic oxidation sites excluding steroid dienone is 3. The molecule has 0 aliphatic rings. The lowest BCUT2D eigenvalue weighted by Crippen LogP contribution is -1.26. The van der Waals surface area contributed by atoms with Gasteiger partial charge in [0.1, 0.15) is 0 Å². The van der Waals surface area contributed by atoms with Crippen LogP contribution in [0.15, 0.2) is 24.8 Å². The summed E-state index contributed by atoms with van der Waals surface area (Å²) in [4.78, 5) is 0. The number of rotatable bonds is 0. The van der Waals surface area contributed by atoms with Crippen molar-refractivity contribution in [2.24, 2.45) is 0 Å². The van der Waals surface area contributed by atoms with Crippen molar-refractivity contribution >= 4 is 0 Å². The van der Waals surface area contributed by atoms with E-state index in [0.29, 0.717) is 0 Å². The van der Waals surface area contributed by atoms with E-state index >= 15 is 0 Å². The third-order valence-corrected chi connectivity index (χ3v) is 0.333. The summed E-state index contributed by atoms with van der Waals surface area (Å²) >= 11 is 0. The lowest BCUT2D eigenvalue weighted by Gasteiger charge is -1.49. The molecule has 0 heterocycles. The van der Waals surface area contributed by atoms with Crippen LogP contribution < -0.4 is 0 Å². The largest absolute Gasteiger partial charge is 0.103 e. The second-order valence-corrected chi connectivity index (χ2v) is 1.07. The second kappa shape index (κ2) is 31.6. The van der Waals surface area contributed by atoms with Gasteiger partial charge in [-0.15, -0.1) is 6.58 Å². The molecule has 0 bridgehead atoms. The van der Waals surface area contributed by atoms with Crippen molar-refractivity contribution in [3.63, 3.8) is 0 Å². The fraction of sp³-hybridized carbons (Fsp3) is 0.500. The Labute approximate surface area is 53.9 Å². The monoisotopic (exact) mass is 114 g/mol. The van der Waals surface area contributed by atoms with Gasteiger partial charge in [0.25, 0.3) is 0 Å². The highest BCUT2D eigenvalue weighted by Crippen LogP contribution is 1.57. The first-order valence-corrected chi connectivity index (χ1v) is 2.47. The topological polar surface area (TPSA) is 0 Å². The molecule has 0 rings (SSSR count). The predicted octanol–water partition coefficient (Wildman–Crippen LogP) is 3.41. The molecule has 0 aromatic heterocycles. The van der Waals surface area contributed by atoms with E-state index in [1.165, 1.54) is 0 Å². The lowest BCUT2D eigenvalue weighted by molar-refractivity contribution is 1.64. The molecule has 8 heavy (non-hydrogen) atoms. The van der Waals surface area contributed by atoms with Crippen LogP contribution in [0.25, 0.3) is 0 Å². The molecule has 0 heteroatoms. The number of hydrogen-bond acceptors (Lipinski definition) is 0. The van der Waals surface area contributed by atoms with Gasteiger partial charge in [-0.05, 0) is 20.8 Å². The molecule has 0 fully saturated rings. The van der Waals surface area contributed by atoms with Gasteiger partial charge in [0.05, 0.1) is 0 Å². The standard InChI is InChI=1S/C4H8.C3H6.CH4/c1-3-4-2;1-3-2;/h3-4H,1-2H3;3H,1H2,2H3;1H4/b4-3-;;. The molecule has 50 valence electrons. The maximum absolute atomic E-state index is 3.36. The van der Waals surface area contributed by atoms with E-state index in [9.17, 15) is 0 Å². The van der Waals surface area contributed by atoms with E-state index in [2.05, 4.69) is 6.58 Å². The molecule has 0 radical (unpaired) electrons. The predicted molar refractivity (Wildman–Crippen MR) is 43.1 cm³/mol. The van der Waals surface area contributed by atoms with E-state index in [4.69, 9.17) is 0 Å². The Kier molecular flexibility index (Phi) is 61.9. The minimum absolute atomic E-state index is 0. The van der Waals surface area contributed by atoms with Crippen LogP contribution in [0, 0.1) is 0 Å². The van der Waals surface area contributed by atoms with Crippen LogP contribution in [0.3, 0.4) is 0 Å². The lowest BCUT2D eigenvalue weighted by atomic mass is 10.6. The van der Waals surface area contributed by atoms with Gasteiger partial charge in [0, 0.05) is 0 Å². The van der Waals surface area contributed by atoms with Crippen LogP contribution in [0.1, 0.15) is 28.2 Å². The Bertz CT molecular complexity index is 38.0. The molecule has 0 aromatic rings. The first kappa shape index (κ1) is 15.6. The highest BCUT2D eigenvalue weighted by Gasteiger charge is 1.34. The van der Waals surface area contributed by atoms with Crippen molar-refractivity contribution < 1.29 is 0 Å². The molecule has 0 atom stereocenters. The van der Waals surface area contributed by atoms with Crippen LogP contribution in [-0.4, -0.2) is 0 Å². The van der Waals surface area contributed by atoms with Crippen molar-refractivity contribution in [1.29, 1.82) is 0 Å². The van der Waals surface area contributed by atoms with Crippen LogP contribution in [-0.2, 0) is 0 Å². The Morgan fingerprint density at radius 2 is 1.12 bits per heavy atom. The van der Waals surface area contributed by atoms with Gasteiger partial charge in [-0.3, -0.25) is 0 Å². The van der Waals surface area contributed by atoms with Crippen LogP contribution >= 0.6 is 0 Å². The molecule has 0 saturated heterocycles. The highest BCUT2D eigenvalue weighted by molar-refractivity contribution is 4.68. The van der Waals surface area contributed by atoms with E-state index in [0.717, 1.165) is 0 Å². The minimum Gasteiger partial charge on any atom is -0.103 e. The van der Waals surface area contributed by atoms with Crippen molar-refractivity contribution in [3.8, 4) is 0 Å². The summed E-state index contributed by atoms with van der Waals surface area (Å²) in [6, 6.07) is 0. The summed E-state index contributed by atoms with van der Waals surface area (Å²) in [6.07, 6.45) is 5.75. The summed E-state index contributed by atoms with van der Waals surface area (Å²) in [5, 5.41) is 0. The number of hydrogen-bond donors (Lipinski definition) is 0.